The molecule has 0 bridgehead atoms. The Morgan fingerprint density at radius 3 is 2.75 bits per heavy atom. The Labute approximate surface area is 97.7 Å². The van der Waals surface area contributed by atoms with Crippen molar-refractivity contribution >= 4 is 0 Å². The number of aliphatic hydroxyl groups is 1. The fourth-order valence-electron chi connectivity index (χ4n) is 3.78. The number of hydrogen-bond acceptors (Lipinski definition) is 2. The second kappa shape index (κ2) is 4.15. The summed E-state index contributed by atoms with van der Waals surface area (Å²) < 4.78 is 6.05. The van der Waals surface area contributed by atoms with Crippen LogP contribution in [-0.2, 0) is 4.74 Å². The minimum atomic E-state index is -0.169. The molecule has 2 heteroatoms. The molecule has 1 spiro atoms. The third-order valence-electron chi connectivity index (χ3n) is 4.67. The van der Waals surface area contributed by atoms with Crippen molar-refractivity contribution in [3.05, 3.63) is 11.6 Å². The van der Waals surface area contributed by atoms with E-state index in [4.69, 9.17) is 4.74 Å². The van der Waals surface area contributed by atoms with E-state index >= 15 is 0 Å². The zero-order chi connectivity index (χ0) is 11.0. The molecule has 0 radical (unpaired) electrons. The highest BCUT2D eigenvalue weighted by molar-refractivity contribution is 5.17. The van der Waals surface area contributed by atoms with Crippen LogP contribution in [0.3, 0.4) is 0 Å². The van der Waals surface area contributed by atoms with Gasteiger partial charge in [0.05, 0.1) is 11.7 Å². The Bertz CT molecular complexity index is 289. The molecule has 1 N–H and O–H groups in total. The van der Waals surface area contributed by atoms with Gasteiger partial charge in [-0.1, -0.05) is 24.5 Å². The summed E-state index contributed by atoms with van der Waals surface area (Å²) in [6.45, 7) is 0.929. The molecule has 0 aromatic rings. The quantitative estimate of drug-likeness (QED) is 0.691. The number of ether oxygens (including phenoxy) is 1. The van der Waals surface area contributed by atoms with Gasteiger partial charge in [-0.15, -0.1) is 0 Å². The predicted molar refractivity (Wildman–Crippen MR) is 63.2 cm³/mol. The zero-order valence-corrected chi connectivity index (χ0v) is 9.95. The first-order valence-corrected chi connectivity index (χ1v) is 6.80. The van der Waals surface area contributed by atoms with Crippen molar-refractivity contribution in [3.63, 3.8) is 0 Å². The van der Waals surface area contributed by atoms with Crippen molar-refractivity contribution in [2.45, 2.75) is 63.1 Å². The minimum absolute atomic E-state index is 0.169. The molecule has 3 rings (SSSR count). The monoisotopic (exact) mass is 222 g/mol. The molecule has 0 aromatic heterocycles. The summed E-state index contributed by atoms with van der Waals surface area (Å²) in [6.07, 6.45) is 11.6. The van der Waals surface area contributed by atoms with Crippen molar-refractivity contribution in [2.75, 3.05) is 6.61 Å². The fourth-order valence-corrected chi connectivity index (χ4v) is 3.78. The van der Waals surface area contributed by atoms with E-state index in [1.165, 1.54) is 44.1 Å². The number of hydrogen-bond donors (Lipinski definition) is 1. The second-order valence-electron chi connectivity index (χ2n) is 5.78. The van der Waals surface area contributed by atoms with Gasteiger partial charge in [-0.05, 0) is 44.4 Å². The molecule has 1 saturated heterocycles. The van der Waals surface area contributed by atoms with Gasteiger partial charge in [0.25, 0.3) is 0 Å². The predicted octanol–water partition coefficient (Wildman–Crippen LogP) is 2.81. The van der Waals surface area contributed by atoms with Crippen LogP contribution < -0.4 is 0 Å². The Balaban J connectivity index is 1.70. The first-order valence-electron chi connectivity index (χ1n) is 6.80. The first-order chi connectivity index (χ1) is 7.77. The average molecular weight is 222 g/mol. The molecule has 90 valence electrons. The van der Waals surface area contributed by atoms with Crippen molar-refractivity contribution in [1.82, 2.24) is 0 Å². The van der Waals surface area contributed by atoms with Crippen molar-refractivity contribution in [3.8, 4) is 0 Å². The second-order valence-corrected chi connectivity index (χ2v) is 5.78. The Morgan fingerprint density at radius 1 is 1.25 bits per heavy atom. The maximum Gasteiger partial charge on any atom is 0.0726 e. The van der Waals surface area contributed by atoms with Crippen LogP contribution in [0, 0.1) is 5.92 Å². The molecule has 2 nitrogen and oxygen atoms in total. The van der Waals surface area contributed by atoms with Gasteiger partial charge >= 0.3 is 0 Å². The van der Waals surface area contributed by atoms with Crippen molar-refractivity contribution in [2.24, 2.45) is 5.92 Å². The van der Waals surface area contributed by atoms with Gasteiger partial charge in [-0.2, -0.15) is 0 Å². The Kier molecular flexibility index (Phi) is 2.80. The van der Waals surface area contributed by atoms with Crippen LogP contribution >= 0.6 is 0 Å². The van der Waals surface area contributed by atoms with Crippen molar-refractivity contribution < 1.29 is 9.84 Å². The molecule has 0 aromatic carbocycles. The lowest BCUT2D eigenvalue weighted by Crippen LogP contribution is -2.37. The summed E-state index contributed by atoms with van der Waals surface area (Å²) in [5, 5.41) is 9.58. The number of allylic oxidation sites excluding steroid dienone is 1. The Hall–Kier alpha value is -0.340. The van der Waals surface area contributed by atoms with E-state index in [-0.39, 0.29) is 11.7 Å². The number of rotatable bonds is 1. The lowest BCUT2D eigenvalue weighted by molar-refractivity contribution is -0.0872. The van der Waals surface area contributed by atoms with Crippen molar-refractivity contribution in [1.29, 1.82) is 0 Å². The standard InChI is InChI=1S/C14H22O2/c15-13-4-3-11(9-13)12-5-8-16-14(10-12)6-1-2-7-14/h9,12-13,15H,1-8,10H2. The highest BCUT2D eigenvalue weighted by atomic mass is 16.5. The molecule has 16 heavy (non-hydrogen) atoms. The van der Waals surface area contributed by atoms with E-state index in [9.17, 15) is 5.11 Å². The van der Waals surface area contributed by atoms with Gasteiger partial charge in [0.1, 0.15) is 0 Å². The topological polar surface area (TPSA) is 29.5 Å². The molecule has 2 aliphatic carbocycles. The van der Waals surface area contributed by atoms with Crippen LogP contribution in [0.5, 0.6) is 0 Å². The summed E-state index contributed by atoms with van der Waals surface area (Å²) in [5.74, 6) is 0.698. The van der Waals surface area contributed by atoms with Crippen LogP contribution in [0.15, 0.2) is 11.6 Å². The summed E-state index contributed by atoms with van der Waals surface area (Å²) >= 11 is 0. The van der Waals surface area contributed by atoms with Gasteiger partial charge in [0.15, 0.2) is 0 Å². The minimum Gasteiger partial charge on any atom is -0.389 e. The third kappa shape index (κ3) is 1.93. The Morgan fingerprint density at radius 2 is 2.06 bits per heavy atom. The summed E-state index contributed by atoms with van der Waals surface area (Å²) in [4.78, 5) is 0. The van der Waals surface area contributed by atoms with Crippen LogP contribution in [-0.4, -0.2) is 23.4 Å². The maximum absolute atomic E-state index is 9.58. The largest absolute Gasteiger partial charge is 0.389 e. The lowest BCUT2D eigenvalue weighted by atomic mass is 9.80. The van der Waals surface area contributed by atoms with E-state index in [2.05, 4.69) is 6.08 Å². The molecule has 2 fully saturated rings. The van der Waals surface area contributed by atoms with E-state index in [0.717, 1.165) is 19.4 Å². The highest BCUT2D eigenvalue weighted by Gasteiger charge is 2.41. The lowest BCUT2D eigenvalue weighted by Gasteiger charge is -2.39. The molecular weight excluding hydrogens is 200 g/mol. The first kappa shape index (κ1) is 10.8. The van der Waals surface area contributed by atoms with E-state index in [1.807, 2.05) is 0 Å². The van der Waals surface area contributed by atoms with E-state index < -0.39 is 0 Å². The molecule has 1 aliphatic heterocycles. The smallest absolute Gasteiger partial charge is 0.0726 e. The SMILES string of the molecule is OC1C=C(C2CCOC3(CCCC3)C2)CC1. The summed E-state index contributed by atoms with van der Waals surface area (Å²) in [7, 11) is 0. The normalized spacial score (nSPS) is 37.9. The van der Waals surface area contributed by atoms with Crippen LogP contribution in [0.25, 0.3) is 0 Å². The molecule has 1 saturated carbocycles. The molecule has 3 aliphatic rings. The molecule has 2 atom stereocenters. The molecule has 2 unspecified atom stereocenters. The van der Waals surface area contributed by atoms with Gasteiger partial charge in [-0.25, -0.2) is 0 Å². The van der Waals surface area contributed by atoms with Gasteiger partial charge in [-0.3, -0.25) is 0 Å². The zero-order valence-electron chi connectivity index (χ0n) is 9.95. The molecular formula is C14H22O2. The van der Waals surface area contributed by atoms with Gasteiger partial charge in [0.2, 0.25) is 0 Å². The molecule has 0 amide bonds. The average Bonchev–Trinajstić information content (AvgIpc) is 2.89. The van der Waals surface area contributed by atoms with E-state index in [0.29, 0.717) is 5.92 Å². The molecule has 1 heterocycles. The highest BCUT2D eigenvalue weighted by Crippen LogP contribution is 2.45. The van der Waals surface area contributed by atoms with Gasteiger partial charge < -0.3 is 9.84 Å². The number of aliphatic hydroxyl groups excluding tert-OH is 1. The fraction of sp³-hybridized carbons (Fsp3) is 0.857. The van der Waals surface area contributed by atoms with Crippen LogP contribution in [0.1, 0.15) is 51.4 Å². The van der Waals surface area contributed by atoms with Crippen LogP contribution in [0.2, 0.25) is 0 Å². The summed E-state index contributed by atoms with van der Waals surface area (Å²) in [6, 6.07) is 0. The third-order valence-corrected chi connectivity index (χ3v) is 4.67. The maximum atomic E-state index is 9.58. The summed E-state index contributed by atoms with van der Waals surface area (Å²) in [5.41, 5.74) is 1.74. The van der Waals surface area contributed by atoms with Crippen LogP contribution in [0.4, 0.5) is 0 Å². The van der Waals surface area contributed by atoms with E-state index in [1.54, 1.807) is 0 Å². The van der Waals surface area contributed by atoms with Gasteiger partial charge in [0, 0.05) is 6.61 Å².